The van der Waals surface area contributed by atoms with Crippen LogP contribution >= 0.6 is 11.6 Å². The van der Waals surface area contributed by atoms with Crippen molar-refractivity contribution in [2.75, 3.05) is 10.6 Å². The summed E-state index contributed by atoms with van der Waals surface area (Å²) in [5.41, 5.74) is 8.53. The molecule has 8 nitrogen and oxygen atoms in total. The summed E-state index contributed by atoms with van der Waals surface area (Å²) in [6.07, 6.45) is 5.71. The summed E-state index contributed by atoms with van der Waals surface area (Å²) in [5, 5.41) is 13.8. The Kier molecular flexibility index (Phi) is 6.23. The minimum atomic E-state index is -0.611. The Morgan fingerprint density at radius 3 is 2.67 bits per heavy atom. The van der Waals surface area contributed by atoms with Crippen LogP contribution in [-0.2, 0) is 0 Å². The van der Waals surface area contributed by atoms with Crippen LogP contribution in [0.25, 0.3) is 11.1 Å². The lowest BCUT2D eigenvalue weighted by Crippen LogP contribution is -2.11. The third kappa shape index (κ3) is 4.94. The molecule has 2 aromatic heterocycles. The molecular formula is C23H17ClFN7O. The van der Waals surface area contributed by atoms with Crippen LogP contribution in [0.15, 0.2) is 67.1 Å². The highest BCUT2D eigenvalue weighted by atomic mass is 35.5. The number of carbonyl (C=O) groups excluding carboxylic acids is 1. The van der Waals surface area contributed by atoms with E-state index in [1.807, 2.05) is 12.1 Å². The highest BCUT2D eigenvalue weighted by molar-refractivity contribution is 6.31. The van der Waals surface area contributed by atoms with Gasteiger partial charge < -0.3 is 21.8 Å². The topological polar surface area (TPSA) is 130 Å². The second-order valence-corrected chi connectivity index (χ2v) is 7.30. The smallest absolute Gasteiger partial charge is 0.250 e. The van der Waals surface area contributed by atoms with Gasteiger partial charge in [-0.05, 0) is 30.3 Å². The first-order valence-corrected chi connectivity index (χ1v) is 10.0. The van der Waals surface area contributed by atoms with Crippen LogP contribution in [0.1, 0.15) is 15.9 Å². The monoisotopic (exact) mass is 461 g/mol. The van der Waals surface area contributed by atoms with Crippen LogP contribution in [0.5, 0.6) is 0 Å². The van der Waals surface area contributed by atoms with E-state index >= 15 is 0 Å². The number of para-hydroxylation sites is 1. The van der Waals surface area contributed by atoms with Crippen molar-refractivity contribution >= 4 is 46.9 Å². The maximum absolute atomic E-state index is 13.5. The summed E-state index contributed by atoms with van der Waals surface area (Å²) < 4.78 is 13.5. The summed E-state index contributed by atoms with van der Waals surface area (Å²) in [6, 6.07) is 13.0. The van der Waals surface area contributed by atoms with Crippen LogP contribution < -0.4 is 16.4 Å². The number of rotatable bonds is 7. The Hall–Kier alpha value is -4.37. The molecule has 0 spiro atoms. The molecule has 0 saturated heterocycles. The molecule has 0 aliphatic carbocycles. The van der Waals surface area contributed by atoms with Crippen molar-refractivity contribution in [2.45, 2.75) is 0 Å². The Morgan fingerprint density at radius 2 is 1.91 bits per heavy atom. The zero-order chi connectivity index (χ0) is 23.4. The first-order valence-electron chi connectivity index (χ1n) is 9.65. The van der Waals surface area contributed by atoms with Gasteiger partial charge in [-0.2, -0.15) is 4.98 Å². The SMILES string of the molecule is N=Cc1ccccc1Nc1nc(Nc2ccc(F)c(Cl)c2)ncc1-c1cncc(C(N)=O)c1. The standard InChI is InChI=1S/C23H17ClFN7O/c24-18-8-16(5-6-19(18)25)30-23-29-12-17(14-7-15(21(27)33)11-28-10-14)22(32-23)31-20-4-2-1-3-13(20)9-26/h1-12,26H,(H2,27,33)(H2,29,30,31,32). The maximum atomic E-state index is 13.5. The second kappa shape index (κ2) is 9.41. The molecule has 4 rings (SSSR count). The zero-order valence-corrected chi connectivity index (χ0v) is 17.8. The zero-order valence-electron chi connectivity index (χ0n) is 17.0. The number of nitrogens with two attached hydrogens (primary N) is 1. The van der Waals surface area contributed by atoms with E-state index in [1.54, 1.807) is 30.6 Å². The molecular weight excluding hydrogens is 445 g/mol. The lowest BCUT2D eigenvalue weighted by molar-refractivity contribution is 0.1000. The third-order valence-electron chi connectivity index (χ3n) is 4.67. The number of pyridine rings is 1. The van der Waals surface area contributed by atoms with Crippen molar-refractivity contribution in [1.82, 2.24) is 15.0 Å². The second-order valence-electron chi connectivity index (χ2n) is 6.89. The lowest BCUT2D eigenvalue weighted by Gasteiger charge is -2.15. The van der Waals surface area contributed by atoms with Crippen molar-refractivity contribution in [3.05, 3.63) is 89.1 Å². The fourth-order valence-electron chi connectivity index (χ4n) is 3.04. The molecule has 0 radical (unpaired) electrons. The molecule has 2 heterocycles. The molecule has 33 heavy (non-hydrogen) atoms. The quantitative estimate of drug-likeness (QED) is 0.289. The van der Waals surface area contributed by atoms with Gasteiger partial charge in [0.25, 0.3) is 0 Å². The Bertz CT molecular complexity index is 1360. The summed E-state index contributed by atoms with van der Waals surface area (Å²) in [6.45, 7) is 0. The molecule has 2 aromatic carbocycles. The largest absolute Gasteiger partial charge is 0.366 e. The molecule has 0 bridgehead atoms. The van der Waals surface area contributed by atoms with Gasteiger partial charge >= 0.3 is 0 Å². The number of aromatic nitrogens is 3. The number of halogens is 2. The summed E-state index contributed by atoms with van der Waals surface area (Å²) >= 11 is 5.86. The van der Waals surface area contributed by atoms with Gasteiger partial charge in [-0.15, -0.1) is 0 Å². The van der Waals surface area contributed by atoms with Crippen molar-refractivity contribution in [1.29, 1.82) is 5.41 Å². The normalized spacial score (nSPS) is 10.5. The number of benzene rings is 2. The number of nitrogens with one attached hydrogen (secondary N) is 3. The van der Waals surface area contributed by atoms with Gasteiger partial charge in [-0.3, -0.25) is 9.78 Å². The molecule has 0 aliphatic rings. The summed E-state index contributed by atoms with van der Waals surface area (Å²) in [7, 11) is 0. The van der Waals surface area contributed by atoms with Crippen LogP contribution in [0.4, 0.5) is 27.5 Å². The van der Waals surface area contributed by atoms with Crippen LogP contribution in [0.2, 0.25) is 5.02 Å². The minimum Gasteiger partial charge on any atom is -0.366 e. The van der Waals surface area contributed by atoms with Crippen molar-refractivity contribution in [3.63, 3.8) is 0 Å². The average Bonchev–Trinajstić information content (AvgIpc) is 2.82. The third-order valence-corrected chi connectivity index (χ3v) is 4.96. The molecule has 0 fully saturated rings. The van der Waals surface area contributed by atoms with Gasteiger partial charge in [-0.1, -0.05) is 29.8 Å². The van der Waals surface area contributed by atoms with Crippen molar-refractivity contribution in [3.8, 4) is 11.1 Å². The molecule has 0 unspecified atom stereocenters. The van der Waals surface area contributed by atoms with Gasteiger partial charge in [0.2, 0.25) is 11.9 Å². The number of hydrogen-bond donors (Lipinski definition) is 4. The van der Waals surface area contributed by atoms with E-state index in [2.05, 4.69) is 25.6 Å². The first-order chi connectivity index (χ1) is 15.9. The highest BCUT2D eigenvalue weighted by Crippen LogP contribution is 2.31. The van der Waals surface area contributed by atoms with Crippen molar-refractivity contribution < 1.29 is 9.18 Å². The maximum Gasteiger partial charge on any atom is 0.250 e. The van der Waals surface area contributed by atoms with Gasteiger partial charge in [-0.25, -0.2) is 9.37 Å². The average molecular weight is 462 g/mol. The highest BCUT2D eigenvalue weighted by Gasteiger charge is 2.14. The molecule has 10 heteroatoms. The predicted molar refractivity (Wildman–Crippen MR) is 126 cm³/mol. The van der Waals surface area contributed by atoms with Crippen LogP contribution in [0, 0.1) is 11.2 Å². The van der Waals surface area contributed by atoms with E-state index in [0.29, 0.717) is 33.9 Å². The van der Waals surface area contributed by atoms with Crippen LogP contribution in [0.3, 0.4) is 0 Å². The van der Waals surface area contributed by atoms with Crippen molar-refractivity contribution in [2.24, 2.45) is 5.73 Å². The number of amides is 1. The Morgan fingerprint density at radius 1 is 1.09 bits per heavy atom. The van der Waals surface area contributed by atoms with E-state index < -0.39 is 11.7 Å². The minimum absolute atomic E-state index is 0.0378. The fourth-order valence-corrected chi connectivity index (χ4v) is 3.22. The molecule has 0 aliphatic heterocycles. The van der Waals surface area contributed by atoms with E-state index in [1.165, 1.54) is 30.6 Å². The number of primary amides is 1. The van der Waals surface area contributed by atoms with E-state index in [9.17, 15) is 9.18 Å². The molecule has 0 saturated carbocycles. The number of hydrogen-bond acceptors (Lipinski definition) is 7. The van der Waals surface area contributed by atoms with Crippen LogP contribution in [-0.4, -0.2) is 27.1 Å². The van der Waals surface area contributed by atoms with Gasteiger partial charge in [0.15, 0.2) is 0 Å². The molecule has 164 valence electrons. The first kappa shape index (κ1) is 21.8. The van der Waals surface area contributed by atoms with E-state index in [4.69, 9.17) is 22.7 Å². The fraction of sp³-hybridized carbons (Fsp3) is 0. The summed E-state index contributed by atoms with van der Waals surface area (Å²) in [4.78, 5) is 24.6. The van der Waals surface area contributed by atoms with Gasteiger partial charge in [0.05, 0.1) is 10.6 Å². The van der Waals surface area contributed by atoms with E-state index in [0.717, 1.165) is 0 Å². The Balaban J connectivity index is 1.78. The number of anilines is 4. The molecule has 0 atom stereocenters. The molecule has 4 aromatic rings. The number of nitrogens with zero attached hydrogens (tertiary/aromatic N) is 3. The molecule has 5 N–H and O–H groups in total. The number of carbonyl (C=O) groups is 1. The van der Waals surface area contributed by atoms with E-state index in [-0.39, 0.29) is 16.5 Å². The predicted octanol–water partition coefficient (Wildman–Crippen LogP) is 4.91. The molecule has 1 amide bonds. The summed E-state index contributed by atoms with van der Waals surface area (Å²) in [5.74, 6) is -0.542. The van der Waals surface area contributed by atoms with Gasteiger partial charge in [0, 0.05) is 52.9 Å². The van der Waals surface area contributed by atoms with Gasteiger partial charge in [0.1, 0.15) is 11.6 Å². The Labute approximate surface area is 193 Å². The lowest BCUT2D eigenvalue weighted by atomic mass is 10.1.